The van der Waals surface area contributed by atoms with Gasteiger partial charge in [0.25, 0.3) is 0 Å². The molecule has 1 rings (SSSR count). The molecule has 0 aliphatic heterocycles. The molecule has 0 N–H and O–H groups in total. The van der Waals surface area contributed by atoms with Crippen LogP contribution in [0.15, 0.2) is 22.8 Å². The highest BCUT2D eigenvalue weighted by Crippen LogP contribution is 2.05. The van der Waals surface area contributed by atoms with Crippen LogP contribution in [0.1, 0.15) is 10.6 Å². The molecule has 0 unspecified atom stereocenters. The van der Waals surface area contributed by atoms with Crippen molar-refractivity contribution < 1.29 is 22.7 Å². The number of carbonyl (C=O) groups is 1. The van der Waals surface area contributed by atoms with E-state index in [-0.39, 0.29) is 5.76 Å². The van der Waals surface area contributed by atoms with E-state index in [0.717, 1.165) is 0 Å². The third-order valence-electron chi connectivity index (χ3n) is 0.918. The fourth-order valence-corrected chi connectivity index (χ4v) is 0.534. The van der Waals surface area contributed by atoms with Crippen molar-refractivity contribution in [3.8, 4) is 0 Å². The number of esters is 1. The summed E-state index contributed by atoms with van der Waals surface area (Å²) in [4.78, 5) is 10.5. The Kier molecular flexibility index (Phi) is 2.20. The summed E-state index contributed by atoms with van der Waals surface area (Å²) in [6, 6.07) is 2.65. The number of ether oxygens (including phenoxy) is 1. The highest BCUT2D eigenvalue weighted by atomic mass is 19.3. The number of alkyl halides is 2. The Bertz CT molecular complexity index is 230. The van der Waals surface area contributed by atoms with Gasteiger partial charge in [0.1, 0.15) is 0 Å². The van der Waals surface area contributed by atoms with Crippen LogP contribution in [0.3, 0.4) is 0 Å². The summed E-state index contributed by atoms with van der Waals surface area (Å²) in [5, 5.41) is 0. The third kappa shape index (κ3) is 2.03. The summed E-state index contributed by atoms with van der Waals surface area (Å²) >= 11 is 0. The molecule has 0 atom stereocenters. The average Bonchev–Trinajstić information content (AvgIpc) is 2.35. The quantitative estimate of drug-likeness (QED) is 0.620. The number of furan rings is 1. The minimum Gasteiger partial charge on any atom is -0.457 e. The first-order valence-corrected chi connectivity index (χ1v) is 2.73. The molecular weight excluding hydrogens is 158 g/mol. The standard InChI is InChI=1S/C6H4F2O3/c7-6(8)11-5(9)4-2-1-3-10-4/h1-3,6H. The number of carbonyl (C=O) groups excluding carboxylic acids is 1. The van der Waals surface area contributed by atoms with Crippen LogP contribution in [0, 0.1) is 0 Å². The molecule has 1 aromatic heterocycles. The lowest BCUT2D eigenvalue weighted by Gasteiger charge is -1.97. The van der Waals surface area contributed by atoms with E-state index >= 15 is 0 Å². The third-order valence-corrected chi connectivity index (χ3v) is 0.918. The molecule has 0 fully saturated rings. The van der Waals surface area contributed by atoms with Gasteiger partial charge in [-0.3, -0.25) is 0 Å². The van der Waals surface area contributed by atoms with Gasteiger partial charge in [0.05, 0.1) is 6.26 Å². The van der Waals surface area contributed by atoms with Gasteiger partial charge in [-0.25, -0.2) is 4.79 Å². The van der Waals surface area contributed by atoms with Gasteiger partial charge in [-0.15, -0.1) is 0 Å². The van der Waals surface area contributed by atoms with Crippen molar-refractivity contribution in [2.75, 3.05) is 0 Å². The van der Waals surface area contributed by atoms with Gasteiger partial charge in [0, 0.05) is 0 Å². The second kappa shape index (κ2) is 3.14. The van der Waals surface area contributed by atoms with Crippen LogP contribution in [0.4, 0.5) is 8.78 Å². The molecule has 11 heavy (non-hydrogen) atoms. The highest BCUT2D eigenvalue weighted by Gasteiger charge is 2.14. The van der Waals surface area contributed by atoms with Crippen LogP contribution in [0.5, 0.6) is 0 Å². The molecule has 0 aliphatic rings. The molecule has 0 bridgehead atoms. The Morgan fingerprint density at radius 2 is 2.36 bits per heavy atom. The molecule has 0 spiro atoms. The van der Waals surface area contributed by atoms with Crippen molar-refractivity contribution in [2.45, 2.75) is 6.61 Å². The molecule has 0 aliphatic carbocycles. The average molecular weight is 162 g/mol. The summed E-state index contributed by atoms with van der Waals surface area (Å²) < 4.78 is 30.8. The van der Waals surface area contributed by atoms with Crippen molar-refractivity contribution in [2.24, 2.45) is 0 Å². The monoisotopic (exact) mass is 162 g/mol. The molecule has 5 heteroatoms. The number of halogens is 2. The van der Waals surface area contributed by atoms with Crippen LogP contribution in [0.2, 0.25) is 0 Å². The smallest absolute Gasteiger partial charge is 0.389 e. The number of hydrogen-bond acceptors (Lipinski definition) is 3. The SMILES string of the molecule is O=C(OC(F)F)c1ccco1. The van der Waals surface area contributed by atoms with Crippen LogP contribution in [0.25, 0.3) is 0 Å². The summed E-state index contributed by atoms with van der Waals surface area (Å²) in [5.74, 6) is -1.39. The van der Waals surface area contributed by atoms with Crippen molar-refractivity contribution in [3.63, 3.8) is 0 Å². The zero-order valence-corrected chi connectivity index (χ0v) is 5.29. The maximum Gasteiger partial charge on any atom is 0.389 e. The Labute approximate surface area is 60.6 Å². The minimum atomic E-state index is -3.10. The maximum absolute atomic E-state index is 11.4. The Balaban J connectivity index is 2.57. The van der Waals surface area contributed by atoms with Gasteiger partial charge in [-0.2, -0.15) is 8.78 Å². The molecule has 60 valence electrons. The van der Waals surface area contributed by atoms with Crippen molar-refractivity contribution in [1.29, 1.82) is 0 Å². The summed E-state index contributed by atoms with van der Waals surface area (Å²) in [6.45, 7) is -3.10. The Morgan fingerprint density at radius 1 is 1.64 bits per heavy atom. The summed E-state index contributed by atoms with van der Waals surface area (Å²) in [7, 11) is 0. The molecular formula is C6H4F2O3. The lowest BCUT2D eigenvalue weighted by Crippen LogP contribution is -2.08. The predicted molar refractivity (Wildman–Crippen MR) is 30.1 cm³/mol. The molecule has 0 amide bonds. The van der Waals surface area contributed by atoms with Crippen LogP contribution in [-0.2, 0) is 4.74 Å². The largest absolute Gasteiger partial charge is 0.457 e. The first-order chi connectivity index (χ1) is 5.20. The first kappa shape index (κ1) is 7.71. The predicted octanol–water partition coefficient (Wildman–Crippen LogP) is 1.66. The van der Waals surface area contributed by atoms with Gasteiger partial charge < -0.3 is 9.15 Å². The normalized spacial score (nSPS) is 10.1. The molecule has 0 radical (unpaired) electrons. The zero-order valence-electron chi connectivity index (χ0n) is 5.29. The summed E-state index contributed by atoms with van der Waals surface area (Å²) in [5.41, 5.74) is 0. The van der Waals surface area contributed by atoms with Crippen molar-refractivity contribution in [3.05, 3.63) is 24.2 Å². The van der Waals surface area contributed by atoms with Gasteiger partial charge in [0.2, 0.25) is 5.76 Å². The number of rotatable bonds is 2. The topological polar surface area (TPSA) is 39.4 Å². The van der Waals surface area contributed by atoms with Gasteiger partial charge in [-0.1, -0.05) is 0 Å². The lowest BCUT2D eigenvalue weighted by molar-refractivity contribution is -0.0922. The fraction of sp³-hybridized carbons (Fsp3) is 0.167. The van der Waals surface area contributed by atoms with Crippen LogP contribution in [-0.4, -0.2) is 12.6 Å². The maximum atomic E-state index is 11.4. The minimum absolute atomic E-state index is 0.231. The van der Waals surface area contributed by atoms with E-state index in [4.69, 9.17) is 0 Å². The number of hydrogen-bond donors (Lipinski definition) is 0. The first-order valence-electron chi connectivity index (χ1n) is 2.73. The lowest BCUT2D eigenvalue weighted by atomic mass is 10.5. The molecule has 1 aromatic rings. The molecule has 1 heterocycles. The molecule has 0 saturated heterocycles. The second-order valence-electron chi connectivity index (χ2n) is 1.64. The van der Waals surface area contributed by atoms with E-state index in [2.05, 4.69) is 9.15 Å². The Hall–Kier alpha value is -1.39. The second-order valence-corrected chi connectivity index (χ2v) is 1.64. The van der Waals surface area contributed by atoms with Gasteiger partial charge in [-0.05, 0) is 12.1 Å². The highest BCUT2D eigenvalue weighted by molar-refractivity contribution is 5.86. The van der Waals surface area contributed by atoms with E-state index < -0.39 is 12.6 Å². The zero-order chi connectivity index (χ0) is 8.27. The van der Waals surface area contributed by atoms with Gasteiger partial charge >= 0.3 is 12.6 Å². The van der Waals surface area contributed by atoms with Gasteiger partial charge in [0.15, 0.2) is 0 Å². The van der Waals surface area contributed by atoms with Crippen molar-refractivity contribution >= 4 is 5.97 Å². The van der Waals surface area contributed by atoms with E-state index in [9.17, 15) is 13.6 Å². The summed E-state index contributed by atoms with van der Waals surface area (Å²) in [6.07, 6.45) is 1.20. The van der Waals surface area contributed by atoms with Crippen LogP contribution >= 0.6 is 0 Å². The molecule has 0 aromatic carbocycles. The molecule has 3 nitrogen and oxygen atoms in total. The van der Waals surface area contributed by atoms with E-state index in [0.29, 0.717) is 0 Å². The Morgan fingerprint density at radius 3 is 2.82 bits per heavy atom. The van der Waals surface area contributed by atoms with Crippen LogP contribution < -0.4 is 0 Å². The van der Waals surface area contributed by atoms with Crippen molar-refractivity contribution in [1.82, 2.24) is 0 Å². The molecule has 0 saturated carbocycles. The van der Waals surface area contributed by atoms with E-state index in [1.165, 1.54) is 18.4 Å². The van der Waals surface area contributed by atoms with E-state index in [1.807, 2.05) is 0 Å². The van der Waals surface area contributed by atoms with E-state index in [1.54, 1.807) is 0 Å². The fourth-order valence-electron chi connectivity index (χ4n) is 0.534.